The van der Waals surface area contributed by atoms with Crippen LogP contribution in [0.5, 0.6) is 0 Å². The molecule has 4 aromatic carbocycles. The van der Waals surface area contributed by atoms with Crippen LogP contribution in [0.3, 0.4) is 0 Å². The Bertz CT molecular complexity index is 1510. The molecule has 0 amide bonds. The van der Waals surface area contributed by atoms with Gasteiger partial charge in [-0.3, -0.25) is 0 Å². The Morgan fingerprint density at radius 2 is 1.32 bits per heavy atom. The molecule has 3 aliphatic rings. The number of hydrogen-bond acceptors (Lipinski definition) is 1. The molecule has 2 saturated carbocycles. The smallest absolute Gasteiger partial charge is 0.0423 e. The van der Waals surface area contributed by atoms with E-state index in [1.54, 1.807) is 0 Å². The number of anilines is 2. The number of rotatable bonds is 5. The first kappa shape index (κ1) is 18.1. The quantitative estimate of drug-likeness (QED) is 0.324. The topological polar surface area (TPSA) is 12.0 Å². The Morgan fingerprint density at radius 3 is 2.06 bits per heavy atom. The minimum absolute atomic E-state index is 0.0905. The lowest BCUT2D eigenvalue weighted by atomic mass is 9.82. The zero-order valence-electron chi connectivity index (χ0n) is 21.9. The molecule has 0 aliphatic heterocycles. The second-order valence-corrected chi connectivity index (χ2v) is 10.6. The molecule has 1 nitrogen and oxygen atoms in total. The monoisotopic (exact) mass is 443 g/mol. The van der Waals surface area contributed by atoms with Crippen molar-refractivity contribution in [2.24, 2.45) is 0 Å². The van der Waals surface area contributed by atoms with Gasteiger partial charge in [0, 0.05) is 19.5 Å². The van der Waals surface area contributed by atoms with Gasteiger partial charge in [-0.15, -0.1) is 0 Å². The number of fused-ring (bicyclic) bond motifs is 3. The van der Waals surface area contributed by atoms with Crippen molar-refractivity contribution in [2.45, 2.75) is 56.7 Å². The van der Waals surface area contributed by atoms with Crippen molar-refractivity contribution in [1.29, 1.82) is 0 Å². The zero-order valence-corrected chi connectivity index (χ0v) is 19.9. The SMILES string of the molecule is [2H]C1(c2cc(-c3ccccc3)ccc2Nc2cc3c(cc2C2([2H])CC2)-c2ccccc2C3(C)C)CC1. The molecule has 0 heterocycles. The molecule has 7 rings (SSSR count). The Labute approximate surface area is 205 Å². The molecule has 0 bridgehead atoms. The molecule has 0 radical (unpaired) electrons. The van der Waals surface area contributed by atoms with Crippen LogP contribution < -0.4 is 5.32 Å². The highest BCUT2D eigenvalue weighted by molar-refractivity contribution is 5.85. The van der Waals surface area contributed by atoms with Gasteiger partial charge in [0.25, 0.3) is 0 Å². The zero-order chi connectivity index (χ0) is 24.7. The molecule has 0 aromatic heterocycles. The van der Waals surface area contributed by atoms with Crippen LogP contribution in [0, 0.1) is 0 Å². The summed E-state index contributed by atoms with van der Waals surface area (Å²) >= 11 is 0. The van der Waals surface area contributed by atoms with Crippen LogP contribution in [0.15, 0.2) is 84.9 Å². The van der Waals surface area contributed by atoms with E-state index in [1.165, 1.54) is 27.8 Å². The summed E-state index contributed by atoms with van der Waals surface area (Å²) < 4.78 is 18.1. The summed E-state index contributed by atoms with van der Waals surface area (Å²) in [6.07, 6.45) is 3.57. The van der Waals surface area contributed by atoms with Crippen LogP contribution in [0.1, 0.15) is 76.3 Å². The van der Waals surface area contributed by atoms with Crippen molar-refractivity contribution in [1.82, 2.24) is 0 Å². The van der Waals surface area contributed by atoms with Gasteiger partial charge in [0.1, 0.15) is 0 Å². The molecule has 1 heteroatoms. The second-order valence-electron chi connectivity index (χ2n) is 10.6. The number of hydrogen-bond donors (Lipinski definition) is 1. The molecule has 168 valence electrons. The number of benzene rings is 4. The molecule has 3 aliphatic carbocycles. The van der Waals surface area contributed by atoms with E-state index in [1.807, 2.05) is 6.07 Å². The lowest BCUT2D eigenvalue weighted by Gasteiger charge is -2.24. The third-order valence-corrected chi connectivity index (χ3v) is 7.88. The third kappa shape index (κ3) is 3.21. The van der Waals surface area contributed by atoms with E-state index in [0.29, 0.717) is 0 Å². The van der Waals surface area contributed by atoms with Gasteiger partial charge < -0.3 is 5.32 Å². The van der Waals surface area contributed by atoms with E-state index in [9.17, 15) is 0 Å². The highest BCUT2D eigenvalue weighted by atomic mass is 14.9. The fourth-order valence-electron chi connectivity index (χ4n) is 5.71. The van der Waals surface area contributed by atoms with Gasteiger partial charge in [0.05, 0.1) is 0 Å². The molecule has 34 heavy (non-hydrogen) atoms. The van der Waals surface area contributed by atoms with Crippen molar-refractivity contribution in [3.63, 3.8) is 0 Å². The van der Waals surface area contributed by atoms with Crippen LogP contribution in [0.4, 0.5) is 11.4 Å². The molecule has 1 N–H and O–H groups in total. The Hall–Kier alpha value is -3.32. The van der Waals surface area contributed by atoms with Gasteiger partial charge in [-0.05, 0) is 106 Å². The van der Waals surface area contributed by atoms with E-state index >= 15 is 0 Å². The normalized spacial score (nSPS) is 20.5. The molecule has 0 atom stereocenters. The molecule has 0 unspecified atom stereocenters. The summed E-state index contributed by atoms with van der Waals surface area (Å²) in [5.41, 5.74) is 11.7. The van der Waals surface area contributed by atoms with Crippen molar-refractivity contribution in [2.75, 3.05) is 5.32 Å². The van der Waals surface area contributed by atoms with Crippen LogP contribution in [-0.2, 0) is 5.41 Å². The maximum absolute atomic E-state index is 9.09. The molecule has 0 spiro atoms. The Kier molecular flexibility index (Phi) is 3.90. The van der Waals surface area contributed by atoms with Gasteiger partial charge in [-0.25, -0.2) is 0 Å². The first-order valence-electron chi connectivity index (χ1n) is 13.5. The standard InChI is InChI=1S/C33H31N/c1-33(2)29-11-7-6-10-25(29)28-19-27(23-14-15-23)32(20-30(28)33)34-31-17-16-24(18-26(31)22-12-13-22)21-8-4-3-5-9-21/h3-11,16-20,22-23,34H,12-15H2,1-2H3/i22D,23D. The minimum Gasteiger partial charge on any atom is -0.355 e. The van der Waals surface area contributed by atoms with Crippen LogP contribution in [0.2, 0.25) is 0 Å². The summed E-state index contributed by atoms with van der Waals surface area (Å²) in [6.45, 7) is 4.61. The van der Waals surface area contributed by atoms with E-state index in [2.05, 4.69) is 98.0 Å². The van der Waals surface area contributed by atoms with Gasteiger partial charge >= 0.3 is 0 Å². The van der Waals surface area contributed by atoms with Gasteiger partial charge in [0.2, 0.25) is 0 Å². The lowest BCUT2D eigenvalue weighted by molar-refractivity contribution is 0.660. The Morgan fingerprint density at radius 1 is 0.647 bits per heavy atom. The predicted molar refractivity (Wildman–Crippen MR) is 143 cm³/mol. The highest BCUT2D eigenvalue weighted by Gasteiger charge is 2.38. The minimum atomic E-state index is -0.530. The summed E-state index contributed by atoms with van der Waals surface area (Å²) in [6, 6.07) is 30.2. The van der Waals surface area contributed by atoms with E-state index in [-0.39, 0.29) is 5.41 Å². The van der Waals surface area contributed by atoms with E-state index < -0.39 is 11.8 Å². The molecular weight excluding hydrogens is 410 g/mol. The van der Waals surface area contributed by atoms with Crippen molar-refractivity contribution in [3.8, 4) is 22.3 Å². The molecule has 2 fully saturated rings. The van der Waals surface area contributed by atoms with E-state index in [0.717, 1.165) is 53.7 Å². The fraction of sp³-hybridized carbons (Fsp3) is 0.273. The van der Waals surface area contributed by atoms with Gasteiger partial charge in [-0.2, -0.15) is 0 Å². The van der Waals surface area contributed by atoms with Crippen LogP contribution >= 0.6 is 0 Å². The van der Waals surface area contributed by atoms with Crippen molar-refractivity contribution < 1.29 is 2.74 Å². The first-order chi connectivity index (χ1) is 17.3. The van der Waals surface area contributed by atoms with Crippen LogP contribution in [-0.4, -0.2) is 0 Å². The fourth-order valence-corrected chi connectivity index (χ4v) is 5.71. The van der Waals surface area contributed by atoms with Crippen molar-refractivity contribution in [3.05, 3.63) is 107 Å². The largest absolute Gasteiger partial charge is 0.355 e. The number of nitrogens with one attached hydrogen (secondary N) is 1. The average molecular weight is 444 g/mol. The van der Waals surface area contributed by atoms with Gasteiger partial charge in [-0.1, -0.05) is 74.5 Å². The second kappa shape index (κ2) is 7.34. The Balaban J connectivity index is 1.37. The maximum Gasteiger partial charge on any atom is 0.0423 e. The summed E-state index contributed by atoms with van der Waals surface area (Å²) in [5, 5.41) is 3.77. The molecule has 4 aromatic rings. The highest BCUT2D eigenvalue weighted by Crippen LogP contribution is 2.54. The molecular formula is C33H31N. The third-order valence-electron chi connectivity index (χ3n) is 7.88. The van der Waals surface area contributed by atoms with Crippen LogP contribution in [0.25, 0.3) is 22.3 Å². The average Bonchev–Trinajstić information content (AvgIpc) is 3.82. The van der Waals surface area contributed by atoms with Crippen molar-refractivity contribution >= 4 is 11.4 Å². The molecule has 0 saturated heterocycles. The predicted octanol–water partition coefficient (Wildman–Crippen LogP) is 9.16. The first-order valence-corrected chi connectivity index (χ1v) is 12.5. The van der Waals surface area contributed by atoms with Gasteiger partial charge in [0.15, 0.2) is 0 Å². The lowest BCUT2D eigenvalue weighted by Crippen LogP contribution is -2.15. The van der Waals surface area contributed by atoms with E-state index in [4.69, 9.17) is 2.74 Å². The summed E-state index contributed by atoms with van der Waals surface area (Å²) in [7, 11) is 0. The summed E-state index contributed by atoms with van der Waals surface area (Å²) in [5.74, 6) is -1.06. The maximum atomic E-state index is 9.09. The summed E-state index contributed by atoms with van der Waals surface area (Å²) in [4.78, 5) is 0.